The number of nitrogens with zero attached hydrogens (tertiary/aromatic N) is 1. The second-order valence-corrected chi connectivity index (χ2v) is 11.7. The number of anilines is 1. The molecule has 6 nitrogen and oxygen atoms in total. The number of ketones is 3. The zero-order chi connectivity index (χ0) is 30.0. The van der Waals surface area contributed by atoms with Gasteiger partial charge in [0, 0.05) is 38.9 Å². The maximum absolute atomic E-state index is 14.9. The van der Waals surface area contributed by atoms with E-state index in [9.17, 15) is 14.4 Å². The Kier molecular flexibility index (Phi) is 6.29. The molecule has 2 heterocycles. The van der Waals surface area contributed by atoms with Gasteiger partial charge in [-0.05, 0) is 36.8 Å². The summed E-state index contributed by atoms with van der Waals surface area (Å²) in [6.45, 7) is 1.96. The fourth-order valence-corrected chi connectivity index (χ4v) is 7.52. The van der Waals surface area contributed by atoms with Crippen molar-refractivity contribution in [3.8, 4) is 11.5 Å². The first kappa shape index (κ1) is 27.2. The SMILES string of the molecule is COc1cccc([C@@H]2[C@H](C(=O)c3ccc(C)cc3)N3c4ccc(Cl)cc4C=C[C@H]3C23C(=O)c2ccccc2C3=O)c1OC. The maximum Gasteiger partial charge on any atom is 0.185 e. The third kappa shape index (κ3) is 3.69. The lowest BCUT2D eigenvalue weighted by Gasteiger charge is -2.37. The molecule has 0 aromatic heterocycles. The van der Waals surface area contributed by atoms with Crippen molar-refractivity contribution >= 4 is 40.7 Å². The minimum atomic E-state index is -1.65. The number of carbonyl (C=O) groups excluding carboxylic acids is 3. The van der Waals surface area contributed by atoms with Gasteiger partial charge in [-0.25, -0.2) is 0 Å². The minimum Gasteiger partial charge on any atom is -0.493 e. The Morgan fingerprint density at radius 2 is 1.56 bits per heavy atom. The molecule has 1 saturated heterocycles. The molecule has 0 unspecified atom stereocenters. The molecule has 0 bridgehead atoms. The number of aryl methyl sites for hydroxylation is 1. The zero-order valence-electron chi connectivity index (χ0n) is 23.8. The van der Waals surface area contributed by atoms with Gasteiger partial charge in [0.05, 0.1) is 20.3 Å². The molecule has 7 rings (SSSR count). The summed E-state index contributed by atoms with van der Waals surface area (Å²) in [5.74, 6) is -0.912. The number of rotatable bonds is 5. The number of benzene rings is 4. The van der Waals surface area contributed by atoms with Gasteiger partial charge in [0.15, 0.2) is 28.8 Å². The van der Waals surface area contributed by atoms with Crippen LogP contribution in [0.2, 0.25) is 5.02 Å². The number of halogens is 1. The topological polar surface area (TPSA) is 72.9 Å². The van der Waals surface area contributed by atoms with E-state index in [1.807, 2.05) is 54.3 Å². The van der Waals surface area contributed by atoms with E-state index in [4.69, 9.17) is 21.1 Å². The van der Waals surface area contributed by atoms with Crippen LogP contribution in [0.3, 0.4) is 0 Å². The first-order valence-electron chi connectivity index (χ1n) is 14.1. The first-order valence-corrected chi connectivity index (χ1v) is 14.5. The van der Waals surface area contributed by atoms with Crippen LogP contribution >= 0.6 is 11.6 Å². The van der Waals surface area contributed by atoms with E-state index in [-0.39, 0.29) is 17.3 Å². The average molecular weight is 590 g/mol. The molecule has 1 aliphatic carbocycles. The Hall–Kier alpha value is -4.68. The molecule has 0 radical (unpaired) electrons. The number of para-hydroxylation sites is 1. The lowest BCUT2D eigenvalue weighted by Crippen LogP contribution is -2.48. The quantitative estimate of drug-likeness (QED) is 0.185. The van der Waals surface area contributed by atoms with Crippen molar-refractivity contribution in [2.45, 2.75) is 24.9 Å². The molecule has 1 fully saturated rings. The minimum absolute atomic E-state index is 0.204. The number of fused-ring (bicyclic) bond motifs is 5. The maximum atomic E-state index is 14.9. The van der Waals surface area contributed by atoms with E-state index in [1.54, 1.807) is 54.6 Å². The van der Waals surface area contributed by atoms with Gasteiger partial charge in [-0.15, -0.1) is 0 Å². The number of ether oxygens (including phenoxy) is 2. The van der Waals surface area contributed by atoms with Crippen LogP contribution in [0.25, 0.3) is 6.08 Å². The highest BCUT2D eigenvalue weighted by Gasteiger charge is 2.72. The molecular formula is C36H28ClNO5. The lowest BCUT2D eigenvalue weighted by atomic mass is 9.64. The van der Waals surface area contributed by atoms with Gasteiger partial charge in [-0.1, -0.05) is 90.0 Å². The summed E-state index contributed by atoms with van der Waals surface area (Å²) in [5.41, 5.74) is 2.65. The molecular weight excluding hydrogens is 562 g/mol. The molecule has 3 aliphatic rings. The summed E-state index contributed by atoms with van der Waals surface area (Å²) < 4.78 is 11.6. The van der Waals surface area contributed by atoms with Crippen LogP contribution in [-0.4, -0.2) is 43.7 Å². The van der Waals surface area contributed by atoms with Gasteiger partial charge in [-0.2, -0.15) is 0 Å². The van der Waals surface area contributed by atoms with Crippen molar-refractivity contribution in [1.82, 2.24) is 0 Å². The van der Waals surface area contributed by atoms with Gasteiger partial charge in [-0.3, -0.25) is 14.4 Å². The van der Waals surface area contributed by atoms with Crippen LogP contribution in [0.15, 0.2) is 91.0 Å². The van der Waals surface area contributed by atoms with Crippen LogP contribution in [0, 0.1) is 12.3 Å². The predicted octanol–water partition coefficient (Wildman–Crippen LogP) is 6.98. The molecule has 7 heteroatoms. The van der Waals surface area contributed by atoms with Gasteiger partial charge < -0.3 is 14.4 Å². The third-order valence-corrected chi connectivity index (χ3v) is 9.37. The van der Waals surface area contributed by atoms with Crippen molar-refractivity contribution in [2.75, 3.05) is 19.1 Å². The average Bonchev–Trinajstić information content (AvgIpc) is 3.46. The second-order valence-electron chi connectivity index (χ2n) is 11.2. The number of Topliss-reactive ketones (excluding diaryl/α,β-unsaturated/α-hetero) is 3. The number of carbonyl (C=O) groups is 3. The molecule has 0 saturated carbocycles. The number of hydrogen-bond acceptors (Lipinski definition) is 6. The van der Waals surface area contributed by atoms with Crippen molar-refractivity contribution in [3.05, 3.63) is 129 Å². The van der Waals surface area contributed by atoms with Crippen LogP contribution in [0.5, 0.6) is 11.5 Å². The van der Waals surface area contributed by atoms with Gasteiger partial charge >= 0.3 is 0 Å². The van der Waals surface area contributed by atoms with Crippen molar-refractivity contribution in [1.29, 1.82) is 0 Å². The van der Waals surface area contributed by atoms with E-state index >= 15 is 0 Å². The predicted molar refractivity (Wildman–Crippen MR) is 166 cm³/mol. The normalized spacial score (nSPS) is 21.0. The van der Waals surface area contributed by atoms with Crippen molar-refractivity contribution in [2.24, 2.45) is 5.41 Å². The largest absolute Gasteiger partial charge is 0.493 e. The lowest BCUT2D eigenvalue weighted by molar-refractivity contribution is 0.0664. The van der Waals surface area contributed by atoms with E-state index in [1.165, 1.54) is 14.2 Å². The monoisotopic (exact) mass is 589 g/mol. The van der Waals surface area contributed by atoms with E-state index < -0.39 is 23.4 Å². The summed E-state index contributed by atoms with van der Waals surface area (Å²) in [7, 11) is 3.06. The second kappa shape index (κ2) is 9.96. The van der Waals surface area contributed by atoms with Crippen molar-refractivity contribution < 1.29 is 23.9 Å². The molecule has 214 valence electrons. The molecule has 4 aromatic rings. The van der Waals surface area contributed by atoms with E-state index in [0.29, 0.717) is 38.8 Å². The van der Waals surface area contributed by atoms with Crippen LogP contribution < -0.4 is 14.4 Å². The molecule has 4 aromatic carbocycles. The summed E-state index contributed by atoms with van der Waals surface area (Å²) >= 11 is 6.40. The van der Waals surface area contributed by atoms with Gasteiger partial charge in [0.2, 0.25) is 0 Å². The smallest absolute Gasteiger partial charge is 0.185 e. The molecule has 43 heavy (non-hydrogen) atoms. The molecule has 2 aliphatic heterocycles. The molecule has 3 atom stereocenters. The van der Waals surface area contributed by atoms with Gasteiger partial charge in [0.25, 0.3) is 0 Å². The Labute approximate surface area is 254 Å². The van der Waals surface area contributed by atoms with E-state index in [2.05, 4.69) is 0 Å². The first-order chi connectivity index (χ1) is 20.8. The van der Waals surface area contributed by atoms with Crippen LogP contribution in [-0.2, 0) is 0 Å². The fraction of sp³-hybridized carbons (Fsp3) is 0.194. The Morgan fingerprint density at radius 1 is 0.860 bits per heavy atom. The summed E-state index contributed by atoms with van der Waals surface area (Å²) in [6, 6.07) is 23.5. The summed E-state index contributed by atoms with van der Waals surface area (Å²) in [5, 5.41) is 0.545. The fourth-order valence-electron chi connectivity index (χ4n) is 7.34. The molecule has 0 amide bonds. The summed E-state index contributed by atoms with van der Waals surface area (Å²) in [4.78, 5) is 46.5. The van der Waals surface area contributed by atoms with Gasteiger partial charge in [0.1, 0.15) is 11.5 Å². The molecule has 1 spiro atoms. The molecule has 0 N–H and O–H groups in total. The Bertz CT molecular complexity index is 1830. The highest BCUT2D eigenvalue weighted by Crippen LogP contribution is 2.62. The standard InChI is InChI=1S/C36H28ClNO5/c1-20-11-13-21(14-12-20)32(39)31-30(26-9-6-10-28(42-2)33(26)43-3)36(34(40)24-7-4-5-8-25(24)35(36)41)29-18-15-22-19-23(37)16-17-27(22)38(29)31/h4-19,29-31H,1-3H3/t29-,30+,31+/m0/s1. The number of methoxy groups -OCH3 is 2. The van der Waals surface area contributed by atoms with Crippen LogP contribution in [0.4, 0.5) is 5.69 Å². The number of hydrogen-bond donors (Lipinski definition) is 0. The Balaban J connectivity index is 1.58. The third-order valence-electron chi connectivity index (χ3n) is 9.14. The van der Waals surface area contributed by atoms with Crippen molar-refractivity contribution in [3.63, 3.8) is 0 Å². The Morgan fingerprint density at radius 3 is 2.21 bits per heavy atom. The highest BCUT2D eigenvalue weighted by molar-refractivity contribution is 6.33. The van der Waals surface area contributed by atoms with E-state index in [0.717, 1.165) is 16.8 Å². The highest BCUT2D eigenvalue weighted by atomic mass is 35.5. The zero-order valence-corrected chi connectivity index (χ0v) is 24.6. The van der Waals surface area contributed by atoms with Crippen LogP contribution in [0.1, 0.15) is 53.7 Å². The summed E-state index contributed by atoms with van der Waals surface area (Å²) in [6.07, 6.45) is 3.77.